The Balaban J connectivity index is 2.26. The SMILES string of the molecule is CCN=C1NC(=O)C2(CCS(=O)(=O)C2)N1. The van der Waals surface area contributed by atoms with Crippen molar-refractivity contribution in [3.8, 4) is 0 Å². The predicted molar refractivity (Wildman–Crippen MR) is 55.3 cm³/mol. The van der Waals surface area contributed by atoms with Gasteiger partial charge < -0.3 is 5.32 Å². The quantitative estimate of drug-likeness (QED) is 0.583. The van der Waals surface area contributed by atoms with Crippen molar-refractivity contribution < 1.29 is 13.2 Å². The first kappa shape index (κ1) is 10.4. The van der Waals surface area contributed by atoms with Crippen molar-refractivity contribution in [2.24, 2.45) is 4.99 Å². The first-order chi connectivity index (χ1) is 6.97. The predicted octanol–water partition coefficient (Wildman–Crippen LogP) is -1.36. The van der Waals surface area contributed by atoms with E-state index in [4.69, 9.17) is 0 Å². The molecule has 0 aromatic heterocycles. The van der Waals surface area contributed by atoms with Gasteiger partial charge in [0.05, 0.1) is 11.5 Å². The van der Waals surface area contributed by atoms with Gasteiger partial charge in [0.1, 0.15) is 5.54 Å². The van der Waals surface area contributed by atoms with Crippen LogP contribution in [0.15, 0.2) is 4.99 Å². The third kappa shape index (κ3) is 1.71. The van der Waals surface area contributed by atoms with E-state index in [9.17, 15) is 13.2 Å². The molecule has 0 aromatic carbocycles. The maximum atomic E-state index is 11.7. The highest BCUT2D eigenvalue weighted by Gasteiger charge is 2.52. The minimum atomic E-state index is -3.09. The molecule has 1 unspecified atom stereocenters. The molecule has 1 atom stereocenters. The van der Waals surface area contributed by atoms with Crippen LogP contribution in [0.4, 0.5) is 0 Å². The van der Waals surface area contributed by atoms with Crippen molar-refractivity contribution in [2.45, 2.75) is 18.9 Å². The summed E-state index contributed by atoms with van der Waals surface area (Å²) in [6.45, 7) is 2.39. The second-order valence-corrected chi connectivity index (χ2v) is 6.01. The Labute approximate surface area is 88.1 Å². The van der Waals surface area contributed by atoms with Gasteiger partial charge in [0.2, 0.25) is 0 Å². The molecule has 2 N–H and O–H groups in total. The molecular formula is C8H13N3O3S. The summed E-state index contributed by atoms with van der Waals surface area (Å²) >= 11 is 0. The molecule has 6 nitrogen and oxygen atoms in total. The molecule has 2 saturated heterocycles. The monoisotopic (exact) mass is 231 g/mol. The lowest BCUT2D eigenvalue weighted by atomic mass is 10.0. The number of sulfone groups is 1. The fraction of sp³-hybridized carbons (Fsp3) is 0.750. The molecule has 1 spiro atoms. The number of carbonyl (C=O) groups is 1. The lowest BCUT2D eigenvalue weighted by Gasteiger charge is -2.17. The van der Waals surface area contributed by atoms with Gasteiger partial charge in [-0.15, -0.1) is 0 Å². The summed E-state index contributed by atoms with van der Waals surface area (Å²) in [4.78, 5) is 15.7. The van der Waals surface area contributed by atoms with Crippen molar-refractivity contribution in [1.82, 2.24) is 10.6 Å². The smallest absolute Gasteiger partial charge is 0.253 e. The second-order valence-electron chi connectivity index (χ2n) is 3.83. The van der Waals surface area contributed by atoms with Crippen LogP contribution >= 0.6 is 0 Å². The zero-order chi connectivity index (χ0) is 11.1. The van der Waals surface area contributed by atoms with Crippen LogP contribution in [-0.2, 0) is 14.6 Å². The van der Waals surface area contributed by atoms with Crippen molar-refractivity contribution >= 4 is 21.7 Å². The summed E-state index contributed by atoms with van der Waals surface area (Å²) in [5.41, 5.74) is -0.965. The number of aliphatic imine (C=N–C) groups is 1. The Bertz CT molecular complexity index is 428. The third-order valence-corrected chi connectivity index (χ3v) is 4.41. The van der Waals surface area contributed by atoms with Gasteiger partial charge in [-0.2, -0.15) is 0 Å². The summed E-state index contributed by atoms with van der Waals surface area (Å²) in [5, 5.41) is 5.44. The van der Waals surface area contributed by atoms with Crippen LogP contribution in [-0.4, -0.2) is 43.9 Å². The largest absolute Gasteiger partial charge is 0.341 e. The van der Waals surface area contributed by atoms with Gasteiger partial charge in [0, 0.05) is 6.54 Å². The van der Waals surface area contributed by atoms with E-state index in [0.29, 0.717) is 18.9 Å². The minimum absolute atomic E-state index is 0.0623. The summed E-state index contributed by atoms with van der Waals surface area (Å²) < 4.78 is 22.7. The minimum Gasteiger partial charge on any atom is -0.341 e. The van der Waals surface area contributed by atoms with Gasteiger partial charge in [-0.25, -0.2) is 8.42 Å². The highest BCUT2D eigenvalue weighted by molar-refractivity contribution is 7.91. The molecule has 0 aliphatic carbocycles. The molecule has 2 heterocycles. The van der Waals surface area contributed by atoms with Crippen LogP contribution in [0.2, 0.25) is 0 Å². The molecule has 2 fully saturated rings. The van der Waals surface area contributed by atoms with Crippen LogP contribution in [0, 0.1) is 0 Å². The number of guanidine groups is 1. The molecule has 0 aromatic rings. The topological polar surface area (TPSA) is 87.6 Å². The van der Waals surface area contributed by atoms with Crippen molar-refractivity contribution in [1.29, 1.82) is 0 Å². The van der Waals surface area contributed by atoms with Crippen LogP contribution in [0.25, 0.3) is 0 Å². The zero-order valence-electron chi connectivity index (χ0n) is 8.41. The maximum Gasteiger partial charge on any atom is 0.253 e. The molecule has 15 heavy (non-hydrogen) atoms. The first-order valence-corrected chi connectivity index (χ1v) is 6.64. The number of hydrogen-bond donors (Lipinski definition) is 2. The van der Waals surface area contributed by atoms with Gasteiger partial charge in [-0.1, -0.05) is 0 Å². The summed E-state index contributed by atoms with van der Waals surface area (Å²) in [5.74, 6) is 0.0388. The van der Waals surface area contributed by atoms with E-state index < -0.39 is 15.4 Å². The van der Waals surface area contributed by atoms with E-state index >= 15 is 0 Å². The Morgan fingerprint density at radius 2 is 2.27 bits per heavy atom. The first-order valence-electron chi connectivity index (χ1n) is 4.82. The average Bonchev–Trinajstić information content (AvgIpc) is 2.57. The van der Waals surface area contributed by atoms with Gasteiger partial charge in [0.25, 0.3) is 5.91 Å². The summed E-state index contributed by atoms with van der Waals surface area (Å²) in [6.07, 6.45) is 0.323. The van der Waals surface area contributed by atoms with E-state index in [-0.39, 0.29) is 17.4 Å². The summed E-state index contributed by atoms with van der Waals surface area (Å²) in [6, 6.07) is 0. The molecule has 0 radical (unpaired) electrons. The fourth-order valence-electron chi connectivity index (χ4n) is 1.91. The average molecular weight is 231 g/mol. The Morgan fingerprint density at radius 3 is 2.80 bits per heavy atom. The van der Waals surface area contributed by atoms with Gasteiger partial charge in [0.15, 0.2) is 15.8 Å². The van der Waals surface area contributed by atoms with Crippen LogP contribution < -0.4 is 10.6 Å². The lowest BCUT2D eigenvalue weighted by Crippen LogP contribution is -2.47. The second kappa shape index (κ2) is 3.19. The van der Waals surface area contributed by atoms with Crippen molar-refractivity contribution in [3.05, 3.63) is 0 Å². The Hall–Kier alpha value is -1.11. The van der Waals surface area contributed by atoms with E-state index in [1.807, 2.05) is 6.92 Å². The number of nitrogens with zero attached hydrogens (tertiary/aromatic N) is 1. The fourth-order valence-corrected chi connectivity index (χ4v) is 3.81. The van der Waals surface area contributed by atoms with Gasteiger partial charge in [-0.05, 0) is 13.3 Å². The van der Waals surface area contributed by atoms with E-state index in [1.165, 1.54) is 0 Å². The highest BCUT2D eigenvalue weighted by atomic mass is 32.2. The molecule has 1 amide bonds. The molecule has 2 rings (SSSR count). The van der Waals surface area contributed by atoms with Gasteiger partial charge >= 0.3 is 0 Å². The Morgan fingerprint density at radius 1 is 1.53 bits per heavy atom. The van der Waals surface area contributed by atoms with E-state index in [1.54, 1.807) is 0 Å². The number of hydrogen-bond acceptors (Lipinski definition) is 4. The van der Waals surface area contributed by atoms with Crippen LogP contribution in [0.3, 0.4) is 0 Å². The molecule has 2 aliphatic rings. The molecular weight excluding hydrogens is 218 g/mol. The maximum absolute atomic E-state index is 11.7. The normalized spacial score (nSPS) is 35.8. The number of carbonyl (C=O) groups excluding carboxylic acids is 1. The molecule has 2 aliphatic heterocycles. The third-order valence-electron chi connectivity index (χ3n) is 2.65. The van der Waals surface area contributed by atoms with E-state index in [2.05, 4.69) is 15.6 Å². The Kier molecular flexibility index (Phi) is 2.22. The zero-order valence-corrected chi connectivity index (χ0v) is 9.23. The highest BCUT2D eigenvalue weighted by Crippen LogP contribution is 2.26. The molecule has 7 heteroatoms. The van der Waals surface area contributed by atoms with Crippen LogP contribution in [0.5, 0.6) is 0 Å². The van der Waals surface area contributed by atoms with Crippen molar-refractivity contribution in [2.75, 3.05) is 18.1 Å². The van der Waals surface area contributed by atoms with Gasteiger partial charge in [-0.3, -0.25) is 15.1 Å². The van der Waals surface area contributed by atoms with Crippen molar-refractivity contribution in [3.63, 3.8) is 0 Å². The van der Waals surface area contributed by atoms with Crippen LogP contribution in [0.1, 0.15) is 13.3 Å². The van der Waals surface area contributed by atoms with E-state index in [0.717, 1.165) is 0 Å². The number of nitrogens with one attached hydrogen (secondary N) is 2. The lowest BCUT2D eigenvalue weighted by molar-refractivity contribution is -0.123. The standard InChI is InChI=1S/C8H13N3O3S/c1-2-9-7-10-6(12)8(11-7)3-4-15(13,14)5-8/h2-5H2,1H3,(H2,9,10,11,12). The molecule has 0 saturated carbocycles. The molecule has 0 bridgehead atoms. The summed E-state index contributed by atoms with van der Waals surface area (Å²) in [7, 11) is -3.09. The number of rotatable bonds is 1. The molecule has 84 valence electrons. The number of amides is 1.